The third kappa shape index (κ3) is 2.54. The summed E-state index contributed by atoms with van der Waals surface area (Å²) in [6, 6.07) is 7.93. The summed E-state index contributed by atoms with van der Waals surface area (Å²) in [5.41, 5.74) is 1.46. The van der Waals surface area contributed by atoms with E-state index in [9.17, 15) is 4.79 Å². The van der Waals surface area contributed by atoms with Crippen molar-refractivity contribution in [2.45, 2.75) is 25.3 Å². The number of carbonyl (C=O) groups is 1. The van der Waals surface area contributed by atoms with Gasteiger partial charge in [-0.25, -0.2) is 0 Å². The van der Waals surface area contributed by atoms with Crippen molar-refractivity contribution in [2.75, 3.05) is 20.1 Å². The minimum absolute atomic E-state index is 0.0951. The molecule has 106 valence electrons. The van der Waals surface area contributed by atoms with Crippen LogP contribution in [0.15, 0.2) is 28.8 Å². The van der Waals surface area contributed by atoms with Crippen molar-refractivity contribution >= 4 is 16.9 Å². The van der Waals surface area contributed by atoms with E-state index < -0.39 is 0 Å². The molecule has 5 heteroatoms. The maximum absolute atomic E-state index is 12.4. The first-order chi connectivity index (χ1) is 9.75. The summed E-state index contributed by atoms with van der Waals surface area (Å²) in [6.45, 7) is 1.92. The van der Waals surface area contributed by atoms with E-state index in [1.54, 1.807) is 0 Å². The summed E-state index contributed by atoms with van der Waals surface area (Å²) in [7, 11) is 1.88. The third-order valence-corrected chi connectivity index (χ3v) is 3.98. The lowest BCUT2D eigenvalue weighted by molar-refractivity contribution is -0.131. The van der Waals surface area contributed by atoms with Gasteiger partial charge in [-0.2, -0.15) is 0 Å². The number of amides is 1. The highest BCUT2D eigenvalue weighted by Crippen LogP contribution is 2.19. The van der Waals surface area contributed by atoms with Crippen molar-refractivity contribution in [3.05, 3.63) is 30.0 Å². The van der Waals surface area contributed by atoms with Gasteiger partial charge in [-0.1, -0.05) is 17.3 Å². The molecule has 0 bridgehead atoms. The normalized spacial score (nSPS) is 19.1. The molecular weight excluding hydrogens is 254 g/mol. The number of aromatic nitrogens is 1. The third-order valence-electron chi connectivity index (χ3n) is 3.98. The average molecular weight is 273 g/mol. The number of para-hydroxylation sites is 1. The standard InChI is InChI=1S/C15H19N3O2/c1-18(11-5-4-8-16-10-11)15(19)9-13-12-6-2-3-7-14(12)20-17-13/h2-3,6-7,11,16H,4-5,8-10H2,1H3. The van der Waals surface area contributed by atoms with Crippen LogP contribution < -0.4 is 5.32 Å². The van der Waals surface area contributed by atoms with E-state index in [-0.39, 0.29) is 11.9 Å². The Labute approximate surface area is 117 Å². The molecule has 0 saturated carbocycles. The van der Waals surface area contributed by atoms with Crippen LogP contribution in [-0.2, 0) is 11.2 Å². The molecule has 1 saturated heterocycles. The zero-order valence-electron chi connectivity index (χ0n) is 11.6. The van der Waals surface area contributed by atoms with Crippen molar-refractivity contribution < 1.29 is 9.32 Å². The molecule has 1 unspecified atom stereocenters. The molecule has 1 aromatic heterocycles. The molecule has 20 heavy (non-hydrogen) atoms. The molecule has 1 fully saturated rings. The van der Waals surface area contributed by atoms with Crippen LogP contribution in [0.3, 0.4) is 0 Å². The van der Waals surface area contributed by atoms with Gasteiger partial charge in [0.15, 0.2) is 5.58 Å². The van der Waals surface area contributed by atoms with Gasteiger partial charge >= 0.3 is 0 Å². The molecule has 2 aromatic rings. The predicted molar refractivity (Wildman–Crippen MR) is 76.4 cm³/mol. The van der Waals surface area contributed by atoms with Gasteiger partial charge in [0.1, 0.15) is 5.69 Å². The van der Waals surface area contributed by atoms with E-state index >= 15 is 0 Å². The molecule has 1 aromatic carbocycles. The highest BCUT2D eigenvalue weighted by Gasteiger charge is 2.23. The Morgan fingerprint density at radius 2 is 2.35 bits per heavy atom. The Balaban J connectivity index is 1.71. The number of rotatable bonds is 3. The molecule has 3 rings (SSSR count). The summed E-state index contributed by atoms with van der Waals surface area (Å²) in [6.07, 6.45) is 2.48. The van der Waals surface area contributed by atoms with Crippen LogP contribution in [0.5, 0.6) is 0 Å². The van der Waals surface area contributed by atoms with Gasteiger partial charge < -0.3 is 14.7 Å². The van der Waals surface area contributed by atoms with Crippen LogP contribution in [-0.4, -0.2) is 42.1 Å². The molecule has 2 heterocycles. The molecule has 5 nitrogen and oxygen atoms in total. The van der Waals surface area contributed by atoms with Crippen molar-refractivity contribution in [1.29, 1.82) is 0 Å². The number of fused-ring (bicyclic) bond motifs is 1. The number of hydrogen-bond acceptors (Lipinski definition) is 4. The fraction of sp³-hybridized carbons (Fsp3) is 0.467. The van der Waals surface area contributed by atoms with E-state index in [0.717, 1.165) is 42.6 Å². The fourth-order valence-corrected chi connectivity index (χ4v) is 2.70. The van der Waals surface area contributed by atoms with Crippen molar-refractivity contribution in [2.24, 2.45) is 0 Å². The molecule has 1 atom stereocenters. The fourth-order valence-electron chi connectivity index (χ4n) is 2.70. The van der Waals surface area contributed by atoms with Gasteiger partial charge in [-0.15, -0.1) is 0 Å². The molecule has 0 radical (unpaired) electrons. The van der Waals surface area contributed by atoms with Crippen molar-refractivity contribution in [3.63, 3.8) is 0 Å². The van der Waals surface area contributed by atoms with E-state index in [1.807, 2.05) is 36.2 Å². The summed E-state index contributed by atoms with van der Waals surface area (Å²) < 4.78 is 5.24. The Kier molecular flexibility index (Phi) is 3.69. The van der Waals surface area contributed by atoms with Crippen LogP contribution in [0.25, 0.3) is 11.0 Å². The Hall–Kier alpha value is -1.88. The van der Waals surface area contributed by atoms with E-state index in [2.05, 4.69) is 10.5 Å². The number of nitrogens with one attached hydrogen (secondary N) is 1. The SMILES string of the molecule is CN(C(=O)Cc1noc2ccccc12)C1CCCNC1. The van der Waals surface area contributed by atoms with Crippen molar-refractivity contribution in [3.8, 4) is 0 Å². The Morgan fingerprint density at radius 3 is 3.15 bits per heavy atom. The maximum atomic E-state index is 12.4. The van der Waals surface area contributed by atoms with Gasteiger partial charge in [0.05, 0.1) is 6.42 Å². The van der Waals surface area contributed by atoms with Crippen LogP contribution in [0.1, 0.15) is 18.5 Å². The molecule has 0 aliphatic carbocycles. The number of nitrogens with zero attached hydrogens (tertiary/aromatic N) is 2. The average Bonchev–Trinajstić information content (AvgIpc) is 2.91. The first-order valence-electron chi connectivity index (χ1n) is 7.05. The van der Waals surface area contributed by atoms with Crippen molar-refractivity contribution in [1.82, 2.24) is 15.4 Å². The smallest absolute Gasteiger partial charge is 0.228 e. The minimum Gasteiger partial charge on any atom is -0.356 e. The second-order valence-corrected chi connectivity index (χ2v) is 5.31. The number of carbonyl (C=O) groups excluding carboxylic acids is 1. The molecule has 1 aliphatic rings. The van der Waals surface area contributed by atoms with Gasteiger partial charge in [0, 0.05) is 25.0 Å². The zero-order chi connectivity index (χ0) is 13.9. The first kappa shape index (κ1) is 13.1. The second kappa shape index (κ2) is 5.63. The van der Waals surface area contributed by atoms with E-state index in [0.29, 0.717) is 6.42 Å². The highest BCUT2D eigenvalue weighted by molar-refractivity contribution is 5.86. The summed E-state index contributed by atoms with van der Waals surface area (Å²) >= 11 is 0. The topological polar surface area (TPSA) is 58.4 Å². The first-order valence-corrected chi connectivity index (χ1v) is 7.05. The summed E-state index contributed by atoms with van der Waals surface area (Å²) in [4.78, 5) is 14.2. The Bertz CT molecular complexity index is 602. The Morgan fingerprint density at radius 1 is 1.50 bits per heavy atom. The number of piperidine rings is 1. The van der Waals surface area contributed by atoms with Gasteiger partial charge in [0.25, 0.3) is 0 Å². The lowest BCUT2D eigenvalue weighted by Gasteiger charge is -2.31. The van der Waals surface area contributed by atoms with Gasteiger partial charge in [-0.05, 0) is 31.5 Å². The molecule has 1 aliphatic heterocycles. The van der Waals surface area contributed by atoms with Gasteiger partial charge in [-0.3, -0.25) is 4.79 Å². The number of hydrogen-bond donors (Lipinski definition) is 1. The highest BCUT2D eigenvalue weighted by atomic mass is 16.5. The lowest BCUT2D eigenvalue weighted by atomic mass is 10.1. The molecule has 1 amide bonds. The summed E-state index contributed by atoms with van der Waals surface area (Å²) in [5.74, 6) is 0.0951. The largest absolute Gasteiger partial charge is 0.356 e. The zero-order valence-corrected chi connectivity index (χ0v) is 11.6. The van der Waals surface area contributed by atoms with E-state index in [1.165, 1.54) is 0 Å². The van der Waals surface area contributed by atoms with Crippen LogP contribution >= 0.6 is 0 Å². The monoisotopic (exact) mass is 273 g/mol. The van der Waals surface area contributed by atoms with E-state index in [4.69, 9.17) is 4.52 Å². The maximum Gasteiger partial charge on any atom is 0.228 e. The molecular formula is C15H19N3O2. The predicted octanol–water partition coefficient (Wildman–Crippen LogP) is 1.58. The van der Waals surface area contributed by atoms with Crippen LogP contribution in [0.2, 0.25) is 0 Å². The number of benzene rings is 1. The lowest BCUT2D eigenvalue weighted by Crippen LogP contribution is -2.47. The second-order valence-electron chi connectivity index (χ2n) is 5.31. The minimum atomic E-state index is 0.0951. The number of likely N-dealkylation sites (N-methyl/N-ethyl adjacent to an activating group) is 1. The quantitative estimate of drug-likeness (QED) is 0.922. The van der Waals surface area contributed by atoms with Gasteiger partial charge in [0.2, 0.25) is 5.91 Å². The van der Waals surface area contributed by atoms with Crippen LogP contribution in [0.4, 0.5) is 0 Å². The molecule has 1 N–H and O–H groups in total. The molecule has 0 spiro atoms. The van der Waals surface area contributed by atoms with Crippen LogP contribution in [0, 0.1) is 0 Å². The summed E-state index contributed by atoms with van der Waals surface area (Å²) in [5, 5.41) is 8.28.